The predicted octanol–water partition coefficient (Wildman–Crippen LogP) is 3.81. The van der Waals surface area contributed by atoms with Gasteiger partial charge < -0.3 is 9.64 Å². The molecule has 32 heavy (non-hydrogen) atoms. The minimum Gasteiger partial charge on any atom is -0.370 e. The lowest BCUT2D eigenvalue weighted by Gasteiger charge is -2.32. The number of ether oxygens (including phenoxy) is 1. The first kappa shape index (κ1) is 20.7. The lowest BCUT2D eigenvalue weighted by Crippen LogP contribution is -2.39. The van der Waals surface area contributed by atoms with E-state index in [0.29, 0.717) is 53.1 Å². The van der Waals surface area contributed by atoms with E-state index in [4.69, 9.17) is 21.3 Å². The number of anilines is 1. The Balaban J connectivity index is 1.62. The van der Waals surface area contributed by atoms with E-state index in [2.05, 4.69) is 20.1 Å². The van der Waals surface area contributed by atoms with Crippen LogP contribution >= 0.6 is 11.6 Å². The Labute approximate surface area is 189 Å². The molecule has 0 saturated carbocycles. The van der Waals surface area contributed by atoms with E-state index < -0.39 is 5.82 Å². The summed E-state index contributed by atoms with van der Waals surface area (Å²) in [7, 11) is 1.87. The molecule has 1 aliphatic rings. The van der Waals surface area contributed by atoms with Crippen molar-refractivity contribution in [1.82, 2.24) is 29.7 Å². The standard InChI is InChI=1S/C22H21ClFN7O/c1-12-13(2)27-21-20(26-12)19(16-5-4-15(23)8-17(16)24)28-22(29-21)31-6-7-32-18(11-31)14-9-25-30(3)10-14/h4-5,8-10,18H,6-7,11H2,1-3H3/t18-/m1/s1. The molecule has 10 heteroatoms. The molecule has 1 aliphatic heterocycles. The zero-order chi connectivity index (χ0) is 22.4. The number of aromatic nitrogens is 6. The summed E-state index contributed by atoms with van der Waals surface area (Å²) in [6.45, 7) is 5.38. The SMILES string of the molecule is Cc1nc2nc(N3CCO[C@@H](c4cnn(C)c4)C3)nc(-c3ccc(Cl)cc3F)c2nc1C. The topological polar surface area (TPSA) is 81.9 Å². The Morgan fingerprint density at radius 3 is 2.69 bits per heavy atom. The Hall–Kier alpha value is -3.17. The van der Waals surface area contributed by atoms with Gasteiger partial charge in [-0.25, -0.2) is 19.3 Å². The largest absolute Gasteiger partial charge is 0.370 e. The van der Waals surface area contributed by atoms with Gasteiger partial charge in [-0.15, -0.1) is 0 Å². The van der Waals surface area contributed by atoms with E-state index in [1.165, 1.54) is 6.07 Å². The summed E-state index contributed by atoms with van der Waals surface area (Å²) in [5, 5.41) is 4.55. The highest BCUT2D eigenvalue weighted by Crippen LogP contribution is 2.32. The van der Waals surface area contributed by atoms with Crippen LogP contribution in [0.1, 0.15) is 23.1 Å². The van der Waals surface area contributed by atoms with Crippen molar-refractivity contribution in [3.8, 4) is 11.3 Å². The Kier molecular flexibility index (Phi) is 5.22. The molecule has 0 spiro atoms. The van der Waals surface area contributed by atoms with Crippen LogP contribution in [-0.4, -0.2) is 49.4 Å². The number of fused-ring (bicyclic) bond motifs is 1. The summed E-state index contributed by atoms with van der Waals surface area (Å²) in [6, 6.07) is 4.51. The molecule has 0 bridgehead atoms. The molecule has 1 atom stereocenters. The van der Waals surface area contributed by atoms with Gasteiger partial charge >= 0.3 is 0 Å². The van der Waals surface area contributed by atoms with E-state index in [-0.39, 0.29) is 6.10 Å². The van der Waals surface area contributed by atoms with Crippen LogP contribution < -0.4 is 4.90 Å². The Morgan fingerprint density at radius 2 is 1.94 bits per heavy atom. The minimum absolute atomic E-state index is 0.168. The molecule has 5 rings (SSSR count). The minimum atomic E-state index is -0.473. The maximum atomic E-state index is 14.9. The monoisotopic (exact) mass is 453 g/mol. The number of aryl methyl sites for hydroxylation is 3. The van der Waals surface area contributed by atoms with Crippen molar-refractivity contribution in [1.29, 1.82) is 0 Å². The number of rotatable bonds is 3. The summed E-state index contributed by atoms with van der Waals surface area (Å²) in [6.07, 6.45) is 3.56. The summed E-state index contributed by atoms with van der Waals surface area (Å²) in [4.78, 5) is 20.7. The van der Waals surface area contributed by atoms with Gasteiger partial charge in [-0.3, -0.25) is 4.68 Å². The molecule has 0 amide bonds. The number of nitrogens with zero attached hydrogens (tertiary/aromatic N) is 7. The summed E-state index contributed by atoms with van der Waals surface area (Å²) >= 11 is 5.97. The average molecular weight is 454 g/mol. The average Bonchev–Trinajstić information content (AvgIpc) is 3.21. The number of morpholine rings is 1. The molecular weight excluding hydrogens is 433 g/mol. The van der Waals surface area contributed by atoms with Crippen LogP contribution in [0.25, 0.3) is 22.4 Å². The van der Waals surface area contributed by atoms with Crippen molar-refractivity contribution in [3.63, 3.8) is 0 Å². The molecular formula is C22H21ClFN7O. The number of benzene rings is 1. The van der Waals surface area contributed by atoms with Crippen molar-refractivity contribution in [2.75, 3.05) is 24.6 Å². The fraction of sp³-hybridized carbons (Fsp3) is 0.318. The summed E-state index contributed by atoms with van der Waals surface area (Å²) in [5.74, 6) is -0.0183. The van der Waals surface area contributed by atoms with Crippen LogP contribution in [0.5, 0.6) is 0 Å². The Morgan fingerprint density at radius 1 is 1.12 bits per heavy atom. The van der Waals surface area contributed by atoms with Gasteiger partial charge in [0.25, 0.3) is 0 Å². The van der Waals surface area contributed by atoms with E-state index in [1.54, 1.807) is 23.0 Å². The highest BCUT2D eigenvalue weighted by molar-refractivity contribution is 6.30. The van der Waals surface area contributed by atoms with Crippen molar-refractivity contribution in [3.05, 3.63) is 58.4 Å². The smallest absolute Gasteiger partial charge is 0.228 e. The quantitative estimate of drug-likeness (QED) is 0.466. The number of hydrogen-bond donors (Lipinski definition) is 0. The van der Waals surface area contributed by atoms with Crippen molar-refractivity contribution in [2.45, 2.75) is 20.0 Å². The third kappa shape index (κ3) is 3.78. The van der Waals surface area contributed by atoms with Crippen LogP contribution in [-0.2, 0) is 11.8 Å². The van der Waals surface area contributed by atoms with Gasteiger partial charge in [0.15, 0.2) is 5.65 Å². The molecule has 0 radical (unpaired) electrons. The first-order valence-electron chi connectivity index (χ1n) is 10.2. The second-order valence-corrected chi connectivity index (χ2v) is 8.25. The van der Waals surface area contributed by atoms with E-state index >= 15 is 0 Å². The van der Waals surface area contributed by atoms with Gasteiger partial charge in [-0.1, -0.05) is 11.6 Å². The molecule has 0 aliphatic carbocycles. The maximum absolute atomic E-state index is 14.9. The van der Waals surface area contributed by atoms with Gasteiger partial charge in [0.2, 0.25) is 5.95 Å². The molecule has 164 valence electrons. The van der Waals surface area contributed by atoms with Gasteiger partial charge in [-0.05, 0) is 32.0 Å². The highest BCUT2D eigenvalue weighted by Gasteiger charge is 2.27. The van der Waals surface area contributed by atoms with Crippen LogP contribution in [0.3, 0.4) is 0 Å². The lowest BCUT2D eigenvalue weighted by molar-refractivity contribution is 0.0392. The molecule has 4 aromatic rings. The molecule has 0 unspecified atom stereocenters. The van der Waals surface area contributed by atoms with E-state index in [0.717, 1.165) is 17.0 Å². The maximum Gasteiger partial charge on any atom is 0.228 e. The molecule has 4 heterocycles. The zero-order valence-corrected chi connectivity index (χ0v) is 18.6. The van der Waals surface area contributed by atoms with Gasteiger partial charge in [-0.2, -0.15) is 10.1 Å². The lowest BCUT2D eigenvalue weighted by atomic mass is 10.1. The third-order valence-electron chi connectivity index (χ3n) is 5.56. The molecule has 8 nitrogen and oxygen atoms in total. The molecule has 0 N–H and O–H groups in total. The van der Waals surface area contributed by atoms with Crippen LogP contribution in [0.4, 0.5) is 10.3 Å². The van der Waals surface area contributed by atoms with Gasteiger partial charge in [0, 0.05) is 35.9 Å². The predicted molar refractivity (Wildman–Crippen MR) is 119 cm³/mol. The van der Waals surface area contributed by atoms with Gasteiger partial charge in [0.05, 0.1) is 30.7 Å². The van der Waals surface area contributed by atoms with Crippen molar-refractivity contribution < 1.29 is 9.13 Å². The second kappa shape index (κ2) is 8.07. The fourth-order valence-corrected chi connectivity index (χ4v) is 3.91. The number of halogens is 2. The van der Waals surface area contributed by atoms with E-state index in [9.17, 15) is 4.39 Å². The first-order valence-corrected chi connectivity index (χ1v) is 10.6. The van der Waals surface area contributed by atoms with Crippen molar-refractivity contribution in [2.24, 2.45) is 7.05 Å². The molecule has 1 saturated heterocycles. The van der Waals surface area contributed by atoms with E-state index in [1.807, 2.05) is 32.0 Å². The molecule has 1 aromatic carbocycles. The zero-order valence-electron chi connectivity index (χ0n) is 17.9. The number of hydrogen-bond acceptors (Lipinski definition) is 7. The fourth-order valence-electron chi connectivity index (χ4n) is 3.75. The first-order chi connectivity index (χ1) is 15.4. The summed E-state index contributed by atoms with van der Waals surface area (Å²) < 4.78 is 22.6. The van der Waals surface area contributed by atoms with Gasteiger partial charge in [0.1, 0.15) is 23.1 Å². The Bertz CT molecular complexity index is 1330. The van der Waals surface area contributed by atoms with Crippen LogP contribution in [0, 0.1) is 19.7 Å². The highest BCUT2D eigenvalue weighted by atomic mass is 35.5. The van der Waals surface area contributed by atoms with Crippen molar-refractivity contribution >= 4 is 28.7 Å². The normalized spacial score (nSPS) is 16.7. The van der Waals surface area contributed by atoms with Crippen LogP contribution in [0.15, 0.2) is 30.6 Å². The molecule has 1 fully saturated rings. The second-order valence-electron chi connectivity index (χ2n) is 7.82. The molecule has 3 aromatic heterocycles. The van der Waals surface area contributed by atoms with Crippen LogP contribution in [0.2, 0.25) is 5.02 Å². The summed E-state index contributed by atoms with van der Waals surface area (Å²) in [5.41, 5.74) is 4.06. The third-order valence-corrected chi connectivity index (χ3v) is 5.80.